The lowest BCUT2D eigenvalue weighted by atomic mass is 10.2. The number of hydrogen-bond acceptors (Lipinski definition) is 4. The van der Waals surface area contributed by atoms with Gasteiger partial charge in [-0.15, -0.1) is 0 Å². The van der Waals surface area contributed by atoms with Crippen LogP contribution in [-0.4, -0.2) is 44.5 Å². The molecule has 1 heterocycles. The minimum atomic E-state index is -2.30. The highest BCUT2D eigenvalue weighted by Crippen LogP contribution is 2.09. The van der Waals surface area contributed by atoms with Gasteiger partial charge in [-0.25, -0.2) is 0 Å². The van der Waals surface area contributed by atoms with Crippen molar-refractivity contribution in [3.8, 4) is 0 Å². The van der Waals surface area contributed by atoms with Crippen molar-refractivity contribution >= 4 is 17.0 Å². The quantitative estimate of drug-likeness (QED) is 0.616. The van der Waals surface area contributed by atoms with E-state index < -0.39 is 16.8 Å². The van der Waals surface area contributed by atoms with E-state index in [2.05, 4.69) is 0 Å². The zero-order valence-corrected chi connectivity index (χ0v) is 8.79. The van der Waals surface area contributed by atoms with E-state index in [9.17, 15) is 13.6 Å². The average Bonchev–Trinajstić information content (AvgIpc) is 2.28. The van der Waals surface area contributed by atoms with Gasteiger partial charge in [-0.2, -0.15) is 0 Å². The van der Waals surface area contributed by atoms with E-state index in [1.165, 1.54) is 0 Å². The Morgan fingerprint density at radius 2 is 2.29 bits per heavy atom. The molecule has 1 fully saturated rings. The van der Waals surface area contributed by atoms with E-state index in [-0.39, 0.29) is 11.9 Å². The van der Waals surface area contributed by atoms with Gasteiger partial charge < -0.3 is 15.2 Å². The van der Waals surface area contributed by atoms with Crippen LogP contribution < -0.4 is 5.73 Å². The Labute approximate surface area is 85.9 Å². The van der Waals surface area contributed by atoms with Crippen LogP contribution in [0.25, 0.3) is 0 Å². The fourth-order valence-corrected chi connectivity index (χ4v) is 1.98. The summed E-state index contributed by atoms with van der Waals surface area (Å²) in [4.78, 5) is 12.9. The van der Waals surface area contributed by atoms with Gasteiger partial charge in [0.05, 0.1) is 5.75 Å². The Hall–Kier alpha value is -0.460. The van der Waals surface area contributed by atoms with Crippen molar-refractivity contribution in [2.24, 2.45) is 5.73 Å². The molecule has 2 unspecified atom stereocenters. The lowest BCUT2D eigenvalue weighted by Gasteiger charge is -2.23. The molecule has 1 aliphatic rings. The van der Waals surface area contributed by atoms with Crippen LogP contribution in [0.3, 0.4) is 0 Å². The average molecular weight is 219 g/mol. The third-order valence-electron chi connectivity index (χ3n) is 2.30. The summed E-state index contributed by atoms with van der Waals surface area (Å²) in [5.74, 6) is -0.761. The van der Waals surface area contributed by atoms with Crippen LogP contribution in [0.2, 0.25) is 0 Å². The van der Waals surface area contributed by atoms with Crippen LogP contribution in [0.4, 0.5) is 0 Å². The monoisotopic (exact) mass is 219 g/mol. The predicted molar refractivity (Wildman–Crippen MR) is 52.2 cm³/mol. The molecule has 0 spiro atoms. The van der Waals surface area contributed by atoms with Crippen molar-refractivity contribution in [1.82, 2.24) is 4.90 Å². The summed E-state index contributed by atoms with van der Waals surface area (Å²) in [5.41, 5.74) is 5.75. The molecular weight excluding hydrogens is 204 g/mol. The lowest BCUT2D eigenvalue weighted by Crippen LogP contribution is -2.41. The third-order valence-corrected chi connectivity index (χ3v) is 2.78. The maximum atomic E-state index is 11.4. The van der Waals surface area contributed by atoms with Gasteiger partial charge in [0.15, 0.2) is 0 Å². The smallest absolute Gasteiger partial charge is 0.234 e. The van der Waals surface area contributed by atoms with Gasteiger partial charge in [-0.3, -0.25) is 9.00 Å². The molecule has 0 aromatic carbocycles. The van der Waals surface area contributed by atoms with Gasteiger partial charge in [0, 0.05) is 19.1 Å². The lowest BCUT2D eigenvalue weighted by molar-refractivity contribution is -0.128. The first-order valence-electron chi connectivity index (χ1n) is 4.69. The molecule has 1 rings (SSSR count). The zero-order valence-electron chi connectivity index (χ0n) is 7.98. The minimum Gasteiger partial charge on any atom is -0.772 e. The molecule has 1 amide bonds. The molecule has 0 bridgehead atoms. The molecule has 0 aromatic heterocycles. The minimum absolute atomic E-state index is 0.0125. The highest BCUT2D eigenvalue weighted by molar-refractivity contribution is 7.79. The zero-order chi connectivity index (χ0) is 10.6. The second-order valence-corrected chi connectivity index (χ2v) is 4.44. The number of carbonyl (C=O) groups is 1. The van der Waals surface area contributed by atoms with Gasteiger partial charge in [0.1, 0.15) is 0 Å². The van der Waals surface area contributed by atoms with Crippen molar-refractivity contribution < 1.29 is 13.6 Å². The van der Waals surface area contributed by atoms with Gasteiger partial charge >= 0.3 is 0 Å². The first-order chi connectivity index (χ1) is 6.59. The highest BCUT2D eigenvalue weighted by Gasteiger charge is 2.19. The van der Waals surface area contributed by atoms with Crippen LogP contribution in [0.5, 0.6) is 0 Å². The Bertz CT molecular complexity index is 235. The van der Waals surface area contributed by atoms with Crippen LogP contribution >= 0.6 is 0 Å². The third kappa shape index (κ3) is 3.73. The largest absolute Gasteiger partial charge is 0.772 e. The maximum absolute atomic E-state index is 11.4. The number of likely N-dealkylation sites (tertiary alicyclic amines) is 1. The van der Waals surface area contributed by atoms with Gasteiger partial charge in [-0.1, -0.05) is 6.42 Å². The molecular formula is C8H15N2O3S-. The van der Waals surface area contributed by atoms with E-state index in [0.717, 1.165) is 19.3 Å². The molecule has 1 saturated heterocycles. The summed E-state index contributed by atoms with van der Waals surface area (Å²) < 4.78 is 20.7. The Balaban J connectivity index is 2.48. The molecule has 1 aliphatic heterocycles. The summed E-state index contributed by atoms with van der Waals surface area (Å²) in [6.07, 6.45) is 2.82. The van der Waals surface area contributed by atoms with Crippen molar-refractivity contribution in [2.45, 2.75) is 25.3 Å². The predicted octanol–water partition coefficient (Wildman–Crippen LogP) is -0.795. The van der Waals surface area contributed by atoms with Gasteiger partial charge in [0.25, 0.3) is 0 Å². The fourth-order valence-electron chi connectivity index (χ4n) is 1.59. The van der Waals surface area contributed by atoms with Crippen molar-refractivity contribution in [3.63, 3.8) is 0 Å². The van der Waals surface area contributed by atoms with Gasteiger partial charge in [-0.05, 0) is 23.9 Å². The highest BCUT2D eigenvalue weighted by atomic mass is 32.2. The Morgan fingerprint density at radius 1 is 1.57 bits per heavy atom. The topological polar surface area (TPSA) is 86.5 Å². The number of amides is 1. The first kappa shape index (κ1) is 11.6. The van der Waals surface area contributed by atoms with E-state index in [4.69, 9.17) is 5.73 Å². The van der Waals surface area contributed by atoms with Crippen LogP contribution in [0, 0.1) is 0 Å². The fraction of sp³-hybridized carbons (Fsp3) is 0.875. The number of rotatable bonds is 2. The van der Waals surface area contributed by atoms with E-state index >= 15 is 0 Å². The number of hydrogen-bond donors (Lipinski definition) is 1. The second-order valence-electron chi connectivity index (χ2n) is 3.54. The number of carbonyl (C=O) groups excluding carboxylic acids is 1. The summed E-state index contributed by atoms with van der Waals surface area (Å²) in [7, 11) is 0. The number of nitrogens with zero attached hydrogens (tertiary/aromatic N) is 1. The SMILES string of the molecule is NC1CCCCN(C(=O)CS(=O)[O-])C1. The molecule has 0 saturated carbocycles. The maximum Gasteiger partial charge on any atom is 0.234 e. The first-order valence-corrected chi connectivity index (χ1v) is 5.93. The molecule has 2 N–H and O–H groups in total. The normalized spacial score (nSPS) is 25.6. The second kappa shape index (κ2) is 5.43. The number of nitrogens with two attached hydrogens (primary N) is 1. The summed E-state index contributed by atoms with van der Waals surface area (Å²) in [6, 6.07) is -0.0125. The van der Waals surface area contributed by atoms with Gasteiger partial charge in [0.2, 0.25) is 5.91 Å². The Kier molecular flexibility index (Phi) is 4.50. The molecule has 14 heavy (non-hydrogen) atoms. The molecule has 0 aromatic rings. The summed E-state index contributed by atoms with van der Waals surface area (Å²) >= 11 is -2.30. The molecule has 82 valence electrons. The van der Waals surface area contributed by atoms with Crippen molar-refractivity contribution in [1.29, 1.82) is 0 Å². The standard InChI is InChI=1S/C8H16N2O3S/c9-7-3-1-2-4-10(5-7)8(11)6-14(12)13/h7H,1-6,9H2,(H,12,13)/p-1. The molecule has 6 heteroatoms. The Morgan fingerprint density at radius 3 is 2.93 bits per heavy atom. The van der Waals surface area contributed by atoms with Crippen LogP contribution in [0.1, 0.15) is 19.3 Å². The molecule has 5 nitrogen and oxygen atoms in total. The molecule has 0 aliphatic carbocycles. The van der Waals surface area contributed by atoms with Crippen molar-refractivity contribution in [2.75, 3.05) is 18.8 Å². The van der Waals surface area contributed by atoms with Crippen molar-refractivity contribution in [3.05, 3.63) is 0 Å². The molecule has 2 atom stereocenters. The summed E-state index contributed by atoms with van der Waals surface area (Å²) in [6.45, 7) is 1.11. The van der Waals surface area contributed by atoms with E-state index in [1.54, 1.807) is 4.90 Å². The van der Waals surface area contributed by atoms with Crippen LogP contribution in [-0.2, 0) is 15.9 Å². The summed E-state index contributed by atoms with van der Waals surface area (Å²) in [5, 5.41) is 0. The van der Waals surface area contributed by atoms with E-state index in [0.29, 0.717) is 13.1 Å². The molecule has 0 radical (unpaired) electrons. The van der Waals surface area contributed by atoms with Crippen LogP contribution in [0.15, 0.2) is 0 Å². The van der Waals surface area contributed by atoms with E-state index in [1.807, 2.05) is 0 Å².